The lowest BCUT2D eigenvalue weighted by Gasteiger charge is -2.15. The molecular weight excluding hydrogens is 244 g/mol. The molecule has 0 radical (unpaired) electrons. The van der Waals surface area contributed by atoms with Gasteiger partial charge in [0, 0.05) is 5.02 Å². The summed E-state index contributed by atoms with van der Waals surface area (Å²) in [6.45, 7) is 4.19. The van der Waals surface area contributed by atoms with Crippen molar-refractivity contribution in [3.05, 3.63) is 70.2 Å². The van der Waals surface area contributed by atoms with E-state index in [0.29, 0.717) is 5.92 Å². The molecule has 0 aromatic heterocycles. The minimum atomic E-state index is -0.596. The number of benzene rings is 2. The van der Waals surface area contributed by atoms with Crippen molar-refractivity contribution < 1.29 is 5.11 Å². The van der Waals surface area contributed by atoms with Crippen LogP contribution in [0.4, 0.5) is 0 Å². The Morgan fingerprint density at radius 2 is 1.61 bits per heavy atom. The summed E-state index contributed by atoms with van der Waals surface area (Å²) in [5, 5.41) is 11.1. The third-order valence-corrected chi connectivity index (χ3v) is 3.42. The number of hydrogen-bond donors (Lipinski definition) is 1. The van der Waals surface area contributed by atoms with Gasteiger partial charge in [-0.2, -0.15) is 0 Å². The highest BCUT2D eigenvalue weighted by atomic mass is 35.5. The zero-order chi connectivity index (χ0) is 13.1. The number of rotatable bonds is 3. The molecule has 0 fully saturated rings. The molecule has 0 saturated carbocycles. The van der Waals surface area contributed by atoms with Gasteiger partial charge in [0.15, 0.2) is 0 Å². The summed E-state index contributed by atoms with van der Waals surface area (Å²) in [6, 6.07) is 15.4. The first-order valence-electron chi connectivity index (χ1n) is 6.12. The quantitative estimate of drug-likeness (QED) is 0.859. The summed E-state index contributed by atoms with van der Waals surface area (Å²) in [6.07, 6.45) is -0.596. The third kappa shape index (κ3) is 2.74. The summed E-state index contributed by atoms with van der Waals surface area (Å²) in [5.41, 5.74) is 2.85. The first-order valence-corrected chi connectivity index (χ1v) is 6.49. The summed E-state index contributed by atoms with van der Waals surface area (Å²) in [7, 11) is 0. The Kier molecular flexibility index (Phi) is 4.05. The fourth-order valence-corrected chi connectivity index (χ4v) is 2.34. The minimum absolute atomic E-state index is 0.348. The van der Waals surface area contributed by atoms with Crippen LogP contribution in [-0.2, 0) is 0 Å². The molecule has 0 aliphatic heterocycles. The van der Waals surface area contributed by atoms with Crippen LogP contribution in [0.2, 0.25) is 5.02 Å². The Labute approximate surface area is 113 Å². The van der Waals surface area contributed by atoms with E-state index in [-0.39, 0.29) is 0 Å². The molecular formula is C16H17ClO. The van der Waals surface area contributed by atoms with E-state index in [1.165, 1.54) is 0 Å². The number of hydrogen-bond acceptors (Lipinski definition) is 1. The van der Waals surface area contributed by atoms with Gasteiger partial charge < -0.3 is 5.11 Å². The Morgan fingerprint density at radius 3 is 2.22 bits per heavy atom. The molecule has 1 N–H and O–H groups in total. The Balaban J connectivity index is 2.37. The number of halogens is 1. The van der Waals surface area contributed by atoms with E-state index in [1.807, 2.05) is 48.5 Å². The molecule has 2 heteroatoms. The van der Waals surface area contributed by atoms with Crippen LogP contribution in [-0.4, -0.2) is 5.11 Å². The highest BCUT2D eigenvalue weighted by molar-refractivity contribution is 6.31. The van der Waals surface area contributed by atoms with Crippen molar-refractivity contribution in [2.45, 2.75) is 25.9 Å². The highest BCUT2D eigenvalue weighted by Crippen LogP contribution is 2.29. The Bertz CT molecular complexity index is 520. The van der Waals surface area contributed by atoms with Crippen LogP contribution < -0.4 is 0 Å². The van der Waals surface area contributed by atoms with Crippen molar-refractivity contribution in [1.29, 1.82) is 0 Å². The number of aliphatic hydroxyl groups excluding tert-OH is 1. The molecule has 1 nitrogen and oxygen atoms in total. The normalized spacial score (nSPS) is 12.7. The van der Waals surface area contributed by atoms with Crippen molar-refractivity contribution in [3.63, 3.8) is 0 Å². The SMILES string of the molecule is CC(C)c1cc(C(O)c2ccccc2)ccc1Cl. The van der Waals surface area contributed by atoms with Crippen LogP contribution in [0.15, 0.2) is 48.5 Å². The van der Waals surface area contributed by atoms with Crippen LogP contribution in [0.3, 0.4) is 0 Å². The highest BCUT2D eigenvalue weighted by Gasteiger charge is 2.13. The largest absolute Gasteiger partial charge is 0.384 e. The van der Waals surface area contributed by atoms with Gasteiger partial charge in [-0.1, -0.05) is 67.9 Å². The van der Waals surface area contributed by atoms with E-state index in [0.717, 1.165) is 21.7 Å². The van der Waals surface area contributed by atoms with E-state index >= 15 is 0 Å². The second kappa shape index (κ2) is 5.55. The minimum Gasteiger partial charge on any atom is -0.384 e. The van der Waals surface area contributed by atoms with Crippen LogP contribution in [0.25, 0.3) is 0 Å². The second-order valence-electron chi connectivity index (χ2n) is 4.75. The smallest absolute Gasteiger partial charge is 0.104 e. The molecule has 1 unspecified atom stereocenters. The molecule has 18 heavy (non-hydrogen) atoms. The van der Waals surface area contributed by atoms with Crippen molar-refractivity contribution in [1.82, 2.24) is 0 Å². The molecule has 0 aliphatic rings. The maximum absolute atomic E-state index is 10.3. The maximum Gasteiger partial charge on any atom is 0.104 e. The molecule has 2 aromatic rings. The van der Waals surface area contributed by atoms with Gasteiger partial charge in [0.2, 0.25) is 0 Å². The standard InChI is InChI=1S/C16H17ClO/c1-11(2)14-10-13(8-9-15(14)17)16(18)12-6-4-3-5-7-12/h3-11,16,18H,1-2H3. The predicted molar refractivity (Wildman–Crippen MR) is 76.0 cm³/mol. The van der Waals surface area contributed by atoms with Gasteiger partial charge in [-0.3, -0.25) is 0 Å². The molecule has 0 heterocycles. The number of aliphatic hydroxyl groups is 1. The first-order chi connectivity index (χ1) is 8.59. The summed E-state index contributed by atoms with van der Waals surface area (Å²) in [5.74, 6) is 0.348. The second-order valence-corrected chi connectivity index (χ2v) is 5.16. The van der Waals surface area contributed by atoms with Gasteiger partial charge in [0.1, 0.15) is 6.10 Å². The van der Waals surface area contributed by atoms with Crippen LogP contribution in [0, 0.1) is 0 Å². The van der Waals surface area contributed by atoms with E-state index in [9.17, 15) is 5.11 Å². The van der Waals surface area contributed by atoms with Crippen molar-refractivity contribution >= 4 is 11.6 Å². The van der Waals surface area contributed by atoms with E-state index in [4.69, 9.17) is 11.6 Å². The molecule has 1 atom stereocenters. The summed E-state index contributed by atoms with van der Waals surface area (Å²) >= 11 is 6.16. The Hall–Kier alpha value is -1.31. The lowest BCUT2D eigenvalue weighted by Crippen LogP contribution is -2.01. The lowest BCUT2D eigenvalue weighted by molar-refractivity contribution is 0.220. The van der Waals surface area contributed by atoms with E-state index < -0.39 is 6.10 Å². The van der Waals surface area contributed by atoms with Gasteiger partial charge in [0.05, 0.1) is 0 Å². The average molecular weight is 261 g/mol. The molecule has 2 rings (SSSR count). The monoisotopic (exact) mass is 260 g/mol. The van der Waals surface area contributed by atoms with E-state index in [1.54, 1.807) is 0 Å². The fourth-order valence-electron chi connectivity index (χ4n) is 2.00. The fraction of sp³-hybridized carbons (Fsp3) is 0.250. The average Bonchev–Trinajstić information content (AvgIpc) is 2.39. The van der Waals surface area contributed by atoms with Crippen molar-refractivity contribution in [2.75, 3.05) is 0 Å². The molecule has 0 spiro atoms. The Morgan fingerprint density at radius 1 is 0.944 bits per heavy atom. The van der Waals surface area contributed by atoms with Gasteiger partial charge in [-0.25, -0.2) is 0 Å². The van der Waals surface area contributed by atoms with Crippen LogP contribution in [0.5, 0.6) is 0 Å². The van der Waals surface area contributed by atoms with Gasteiger partial charge >= 0.3 is 0 Å². The molecule has 0 saturated heterocycles. The summed E-state index contributed by atoms with van der Waals surface area (Å²) in [4.78, 5) is 0. The molecule has 2 aromatic carbocycles. The summed E-state index contributed by atoms with van der Waals surface area (Å²) < 4.78 is 0. The lowest BCUT2D eigenvalue weighted by atomic mass is 9.96. The van der Waals surface area contributed by atoms with Crippen LogP contribution >= 0.6 is 11.6 Å². The zero-order valence-electron chi connectivity index (χ0n) is 10.6. The van der Waals surface area contributed by atoms with Gasteiger partial charge in [0.25, 0.3) is 0 Å². The predicted octanol–water partition coefficient (Wildman–Crippen LogP) is 4.55. The zero-order valence-corrected chi connectivity index (χ0v) is 11.4. The molecule has 0 amide bonds. The first kappa shape index (κ1) is 13.1. The molecule has 0 bridgehead atoms. The van der Waals surface area contributed by atoms with Gasteiger partial charge in [-0.15, -0.1) is 0 Å². The van der Waals surface area contributed by atoms with Gasteiger partial charge in [-0.05, 0) is 28.7 Å². The molecule has 94 valence electrons. The van der Waals surface area contributed by atoms with E-state index in [2.05, 4.69) is 13.8 Å². The molecule has 0 aliphatic carbocycles. The third-order valence-electron chi connectivity index (χ3n) is 3.07. The topological polar surface area (TPSA) is 20.2 Å². The van der Waals surface area contributed by atoms with Crippen LogP contribution in [0.1, 0.15) is 42.6 Å². The van der Waals surface area contributed by atoms with Crippen molar-refractivity contribution in [2.24, 2.45) is 0 Å². The van der Waals surface area contributed by atoms with Crippen molar-refractivity contribution in [3.8, 4) is 0 Å². The maximum atomic E-state index is 10.3.